The van der Waals surface area contributed by atoms with Crippen molar-refractivity contribution < 1.29 is 17.9 Å². The number of methoxy groups -OCH3 is 1. The number of carbonyl (C=O) groups is 1. The topological polar surface area (TPSA) is 75.7 Å². The lowest BCUT2D eigenvalue weighted by atomic mass is 10.2. The molecule has 22 heavy (non-hydrogen) atoms. The molecule has 0 bridgehead atoms. The Balaban J connectivity index is 2.15. The molecule has 1 aromatic carbocycles. The van der Waals surface area contributed by atoms with E-state index in [0.717, 1.165) is 4.47 Å². The number of rotatable bonds is 6. The third kappa shape index (κ3) is 3.87. The number of benzene rings is 1. The molecule has 1 aromatic rings. The molecule has 1 heterocycles. The zero-order chi connectivity index (χ0) is 16.2. The number of sulfonamides is 1. The first kappa shape index (κ1) is 17.4. The van der Waals surface area contributed by atoms with Crippen LogP contribution in [0.25, 0.3) is 0 Å². The Kier molecular flexibility index (Phi) is 5.96. The van der Waals surface area contributed by atoms with E-state index < -0.39 is 16.1 Å². The van der Waals surface area contributed by atoms with Gasteiger partial charge in [-0.3, -0.25) is 4.79 Å². The molecule has 1 amide bonds. The van der Waals surface area contributed by atoms with Gasteiger partial charge in [0.1, 0.15) is 6.04 Å². The molecule has 0 aliphatic carbocycles. The number of halogens is 1. The summed E-state index contributed by atoms with van der Waals surface area (Å²) in [6, 6.07) is 5.79. The van der Waals surface area contributed by atoms with Crippen LogP contribution < -0.4 is 5.32 Å². The molecular formula is C14H19BrN2O4S. The molecule has 1 aliphatic heterocycles. The zero-order valence-electron chi connectivity index (χ0n) is 12.3. The van der Waals surface area contributed by atoms with E-state index in [9.17, 15) is 13.2 Å². The van der Waals surface area contributed by atoms with Crippen LogP contribution in [0.3, 0.4) is 0 Å². The van der Waals surface area contributed by atoms with Crippen molar-refractivity contribution in [1.82, 2.24) is 9.62 Å². The average Bonchev–Trinajstić information content (AvgIpc) is 2.98. The van der Waals surface area contributed by atoms with E-state index in [1.165, 1.54) is 16.4 Å². The van der Waals surface area contributed by atoms with E-state index in [2.05, 4.69) is 21.2 Å². The van der Waals surface area contributed by atoms with Crippen molar-refractivity contribution in [3.05, 3.63) is 28.7 Å². The SMILES string of the molecule is COCCNC(=O)[C@H]1CCCN1S(=O)(=O)c1ccc(Br)cc1. The van der Waals surface area contributed by atoms with Crippen LogP contribution in [-0.2, 0) is 19.6 Å². The van der Waals surface area contributed by atoms with Crippen molar-refractivity contribution in [2.24, 2.45) is 0 Å². The third-order valence-corrected chi connectivity index (χ3v) is 5.98. The second-order valence-corrected chi connectivity index (χ2v) is 7.82. The van der Waals surface area contributed by atoms with Gasteiger partial charge < -0.3 is 10.1 Å². The highest BCUT2D eigenvalue weighted by Gasteiger charge is 2.39. The molecule has 1 N–H and O–H groups in total. The summed E-state index contributed by atoms with van der Waals surface area (Å²) in [5, 5.41) is 2.71. The second kappa shape index (κ2) is 7.54. The molecule has 2 rings (SSSR count). The standard InChI is InChI=1S/C14H19BrN2O4S/c1-21-10-8-16-14(18)13-3-2-9-17(13)22(19,20)12-6-4-11(15)5-7-12/h4-7,13H,2-3,8-10H2,1H3,(H,16,18)/t13-/m1/s1. The fourth-order valence-corrected chi connectivity index (χ4v) is 4.35. The van der Waals surface area contributed by atoms with Gasteiger partial charge in [0.05, 0.1) is 11.5 Å². The lowest BCUT2D eigenvalue weighted by molar-refractivity contribution is -0.124. The summed E-state index contributed by atoms with van der Waals surface area (Å²) < 4.78 is 32.4. The van der Waals surface area contributed by atoms with Crippen LogP contribution >= 0.6 is 15.9 Å². The Morgan fingerprint density at radius 2 is 2.09 bits per heavy atom. The summed E-state index contributed by atoms with van der Waals surface area (Å²) >= 11 is 3.28. The van der Waals surface area contributed by atoms with Crippen LogP contribution in [0.5, 0.6) is 0 Å². The molecule has 1 saturated heterocycles. The molecule has 0 aromatic heterocycles. The number of nitrogens with zero attached hydrogens (tertiary/aromatic N) is 1. The fraction of sp³-hybridized carbons (Fsp3) is 0.500. The minimum Gasteiger partial charge on any atom is -0.383 e. The van der Waals surface area contributed by atoms with E-state index in [4.69, 9.17) is 4.74 Å². The van der Waals surface area contributed by atoms with Crippen LogP contribution in [0.15, 0.2) is 33.6 Å². The van der Waals surface area contributed by atoms with Crippen molar-refractivity contribution in [2.75, 3.05) is 26.8 Å². The van der Waals surface area contributed by atoms with Gasteiger partial charge in [-0.15, -0.1) is 0 Å². The molecular weight excluding hydrogens is 372 g/mol. The molecule has 122 valence electrons. The smallest absolute Gasteiger partial charge is 0.243 e. The maximum absolute atomic E-state index is 12.7. The number of amides is 1. The highest BCUT2D eigenvalue weighted by Crippen LogP contribution is 2.27. The van der Waals surface area contributed by atoms with Crippen LogP contribution in [-0.4, -0.2) is 51.5 Å². The Morgan fingerprint density at radius 3 is 2.73 bits per heavy atom. The van der Waals surface area contributed by atoms with E-state index in [1.807, 2.05) is 0 Å². The third-order valence-electron chi connectivity index (χ3n) is 3.53. The lowest BCUT2D eigenvalue weighted by Gasteiger charge is -2.23. The van der Waals surface area contributed by atoms with E-state index in [0.29, 0.717) is 32.5 Å². The molecule has 0 spiro atoms. The number of nitrogens with one attached hydrogen (secondary N) is 1. The summed E-state index contributed by atoms with van der Waals surface area (Å²) in [6.45, 7) is 1.14. The van der Waals surface area contributed by atoms with Crippen LogP contribution in [0.2, 0.25) is 0 Å². The van der Waals surface area contributed by atoms with Gasteiger partial charge in [0.15, 0.2) is 0 Å². The van der Waals surface area contributed by atoms with Gasteiger partial charge in [-0.2, -0.15) is 4.31 Å². The minimum absolute atomic E-state index is 0.201. The first-order valence-corrected chi connectivity index (χ1v) is 9.24. The average molecular weight is 391 g/mol. The van der Waals surface area contributed by atoms with E-state index in [-0.39, 0.29) is 10.8 Å². The molecule has 1 atom stereocenters. The first-order chi connectivity index (χ1) is 10.5. The highest BCUT2D eigenvalue weighted by molar-refractivity contribution is 9.10. The molecule has 0 radical (unpaired) electrons. The summed E-state index contributed by atoms with van der Waals surface area (Å²) in [4.78, 5) is 12.4. The van der Waals surface area contributed by atoms with Gasteiger partial charge in [-0.05, 0) is 37.1 Å². The normalized spacial score (nSPS) is 19.3. The van der Waals surface area contributed by atoms with Gasteiger partial charge in [0.25, 0.3) is 0 Å². The summed E-state index contributed by atoms with van der Waals surface area (Å²) in [5.41, 5.74) is 0. The van der Waals surface area contributed by atoms with E-state index in [1.54, 1.807) is 19.2 Å². The first-order valence-electron chi connectivity index (χ1n) is 7.01. The van der Waals surface area contributed by atoms with Gasteiger partial charge in [0.2, 0.25) is 15.9 Å². The second-order valence-electron chi connectivity index (χ2n) is 5.01. The van der Waals surface area contributed by atoms with Crippen molar-refractivity contribution in [1.29, 1.82) is 0 Å². The van der Waals surface area contributed by atoms with Crippen molar-refractivity contribution in [3.8, 4) is 0 Å². The molecule has 1 aliphatic rings. The van der Waals surface area contributed by atoms with E-state index >= 15 is 0 Å². The Labute approximate surface area is 139 Å². The van der Waals surface area contributed by atoms with Gasteiger partial charge >= 0.3 is 0 Å². The Morgan fingerprint density at radius 1 is 1.41 bits per heavy atom. The predicted octanol–water partition coefficient (Wildman–Crippen LogP) is 1.36. The minimum atomic E-state index is -3.66. The quantitative estimate of drug-likeness (QED) is 0.744. The van der Waals surface area contributed by atoms with Crippen molar-refractivity contribution in [2.45, 2.75) is 23.8 Å². The molecule has 6 nitrogen and oxygen atoms in total. The van der Waals surface area contributed by atoms with Crippen molar-refractivity contribution >= 4 is 31.9 Å². The zero-order valence-corrected chi connectivity index (χ0v) is 14.7. The fourth-order valence-electron chi connectivity index (χ4n) is 2.43. The number of hydrogen-bond acceptors (Lipinski definition) is 4. The maximum atomic E-state index is 12.7. The Bertz CT molecular complexity index is 618. The van der Waals surface area contributed by atoms with Crippen LogP contribution in [0.4, 0.5) is 0 Å². The molecule has 0 unspecified atom stereocenters. The lowest BCUT2D eigenvalue weighted by Crippen LogP contribution is -2.46. The molecule has 8 heteroatoms. The predicted molar refractivity (Wildman–Crippen MR) is 85.9 cm³/mol. The van der Waals surface area contributed by atoms with Gasteiger partial charge in [0, 0.05) is 24.7 Å². The van der Waals surface area contributed by atoms with Gasteiger partial charge in [-0.25, -0.2) is 8.42 Å². The summed E-state index contributed by atoms with van der Waals surface area (Å²) in [6.07, 6.45) is 1.21. The largest absolute Gasteiger partial charge is 0.383 e. The van der Waals surface area contributed by atoms with Crippen molar-refractivity contribution in [3.63, 3.8) is 0 Å². The highest BCUT2D eigenvalue weighted by atomic mass is 79.9. The van der Waals surface area contributed by atoms with Gasteiger partial charge in [-0.1, -0.05) is 15.9 Å². The number of carbonyl (C=O) groups excluding carboxylic acids is 1. The van der Waals surface area contributed by atoms with Crippen LogP contribution in [0, 0.1) is 0 Å². The Hall–Kier alpha value is -0.960. The molecule has 1 fully saturated rings. The summed E-state index contributed by atoms with van der Waals surface area (Å²) in [7, 11) is -2.11. The number of ether oxygens (including phenoxy) is 1. The number of hydrogen-bond donors (Lipinski definition) is 1. The monoisotopic (exact) mass is 390 g/mol. The summed E-state index contributed by atoms with van der Waals surface area (Å²) in [5.74, 6) is -0.268. The maximum Gasteiger partial charge on any atom is 0.243 e. The molecule has 0 saturated carbocycles. The van der Waals surface area contributed by atoms with Crippen LogP contribution in [0.1, 0.15) is 12.8 Å².